The van der Waals surface area contributed by atoms with Crippen molar-refractivity contribution < 1.29 is 9.90 Å². The number of likely N-dealkylation sites (tertiary alicyclic amines) is 1. The zero-order valence-corrected chi connectivity index (χ0v) is 13.3. The Morgan fingerprint density at radius 2 is 2.15 bits per heavy atom. The number of carboxylic acid groups (broad SMARTS) is 1. The van der Waals surface area contributed by atoms with Crippen molar-refractivity contribution in [1.82, 2.24) is 4.90 Å². The van der Waals surface area contributed by atoms with Gasteiger partial charge in [-0.05, 0) is 36.1 Å². The van der Waals surface area contributed by atoms with Gasteiger partial charge in [0.2, 0.25) is 0 Å². The summed E-state index contributed by atoms with van der Waals surface area (Å²) in [4.78, 5) is 13.7. The van der Waals surface area contributed by atoms with Crippen molar-refractivity contribution >= 4 is 40.5 Å². The number of carboxylic acids is 1. The molecule has 2 heterocycles. The fourth-order valence-electron chi connectivity index (χ4n) is 3.68. The van der Waals surface area contributed by atoms with E-state index >= 15 is 0 Å². The minimum absolute atomic E-state index is 0.377. The highest BCUT2D eigenvalue weighted by atomic mass is 35.5. The Balaban J connectivity index is 1.84. The van der Waals surface area contributed by atoms with Gasteiger partial charge in [-0.25, -0.2) is 0 Å². The maximum atomic E-state index is 11.5. The molecule has 3 rings (SSSR count). The number of hydrogen-bond donors (Lipinski definition) is 1. The Morgan fingerprint density at radius 3 is 2.80 bits per heavy atom. The lowest BCUT2D eigenvalue weighted by Gasteiger charge is -2.32. The molecule has 0 amide bonds. The molecule has 0 aromatic carbocycles. The largest absolute Gasteiger partial charge is 0.480 e. The number of nitrogens with zero attached hydrogens (tertiary/aromatic N) is 1. The number of thiophene rings is 1. The zero-order valence-electron chi connectivity index (χ0n) is 11.0. The highest BCUT2D eigenvalue weighted by Gasteiger charge is 2.45. The molecule has 110 valence electrons. The molecule has 3 atom stereocenters. The van der Waals surface area contributed by atoms with Crippen molar-refractivity contribution in [3.05, 3.63) is 20.3 Å². The maximum Gasteiger partial charge on any atom is 0.320 e. The molecule has 1 aliphatic heterocycles. The van der Waals surface area contributed by atoms with E-state index in [2.05, 4.69) is 4.90 Å². The van der Waals surface area contributed by atoms with Crippen molar-refractivity contribution in [1.29, 1.82) is 0 Å². The minimum atomic E-state index is -0.711. The van der Waals surface area contributed by atoms with E-state index in [4.69, 9.17) is 23.2 Å². The van der Waals surface area contributed by atoms with Crippen LogP contribution in [0.1, 0.15) is 37.7 Å². The third-order valence-electron chi connectivity index (χ3n) is 4.62. The van der Waals surface area contributed by atoms with E-state index in [1.807, 2.05) is 5.38 Å². The number of carbonyl (C=O) groups is 1. The standard InChI is InChI=1S/C14H17Cl2NO2S/c15-12-9(7-20-13(12)16)6-17-10-4-2-1-3-8(10)5-11(17)14(18)19/h7-8,10-11H,1-6H2,(H,18,19). The number of aliphatic carboxylic acids is 1. The normalized spacial score (nSPS) is 30.4. The van der Waals surface area contributed by atoms with E-state index in [0.29, 0.717) is 27.9 Å². The van der Waals surface area contributed by atoms with Gasteiger partial charge in [-0.3, -0.25) is 9.69 Å². The second-order valence-electron chi connectivity index (χ2n) is 5.72. The van der Waals surface area contributed by atoms with Crippen molar-refractivity contribution in [2.24, 2.45) is 5.92 Å². The van der Waals surface area contributed by atoms with Crippen LogP contribution in [0.3, 0.4) is 0 Å². The molecule has 20 heavy (non-hydrogen) atoms. The first-order valence-corrected chi connectivity index (χ1v) is 8.61. The minimum Gasteiger partial charge on any atom is -0.480 e. The number of halogens is 2. The Bertz CT molecular complexity index is 519. The summed E-state index contributed by atoms with van der Waals surface area (Å²) in [6, 6.07) is 0.0115. The van der Waals surface area contributed by atoms with Gasteiger partial charge in [0.1, 0.15) is 10.4 Å². The molecule has 0 radical (unpaired) electrons. The van der Waals surface area contributed by atoms with Gasteiger partial charge < -0.3 is 5.11 Å². The van der Waals surface area contributed by atoms with Gasteiger partial charge in [-0.2, -0.15) is 0 Å². The van der Waals surface area contributed by atoms with Gasteiger partial charge in [0.05, 0.1) is 5.02 Å². The summed E-state index contributed by atoms with van der Waals surface area (Å²) in [5, 5.41) is 12.0. The first kappa shape index (κ1) is 14.6. The van der Waals surface area contributed by atoms with E-state index < -0.39 is 5.97 Å². The van der Waals surface area contributed by atoms with Crippen molar-refractivity contribution in [2.75, 3.05) is 0 Å². The average Bonchev–Trinajstić information content (AvgIpc) is 2.95. The van der Waals surface area contributed by atoms with E-state index in [1.165, 1.54) is 24.2 Å². The molecular weight excluding hydrogens is 317 g/mol. The summed E-state index contributed by atoms with van der Waals surface area (Å²) < 4.78 is 0.591. The summed E-state index contributed by atoms with van der Waals surface area (Å²) in [6.45, 7) is 0.597. The summed E-state index contributed by atoms with van der Waals surface area (Å²) >= 11 is 13.6. The van der Waals surface area contributed by atoms with Gasteiger partial charge in [0.15, 0.2) is 0 Å². The molecular formula is C14H17Cl2NO2S. The Hall–Kier alpha value is -0.290. The van der Waals surface area contributed by atoms with Crippen molar-refractivity contribution in [3.8, 4) is 0 Å². The molecule has 2 fully saturated rings. The molecule has 1 saturated carbocycles. The molecule has 3 nitrogen and oxygen atoms in total. The number of hydrogen-bond acceptors (Lipinski definition) is 3. The lowest BCUT2D eigenvalue weighted by atomic mass is 9.84. The van der Waals surface area contributed by atoms with Gasteiger partial charge in [0, 0.05) is 12.6 Å². The SMILES string of the molecule is O=C(O)C1CC2CCCCC2N1Cc1csc(Cl)c1Cl. The quantitative estimate of drug-likeness (QED) is 0.897. The van der Waals surface area contributed by atoms with Crippen LogP contribution in [0, 0.1) is 5.92 Å². The molecule has 1 saturated heterocycles. The summed E-state index contributed by atoms with van der Waals surface area (Å²) in [6.07, 6.45) is 5.46. The predicted octanol–water partition coefficient (Wildman–Crippen LogP) is 4.27. The van der Waals surface area contributed by atoms with E-state index in [1.54, 1.807) is 0 Å². The van der Waals surface area contributed by atoms with E-state index in [-0.39, 0.29) is 6.04 Å². The summed E-state index contributed by atoms with van der Waals surface area (Å²) in [5.74, 6) is -0.186. The van der Waals surface area contributed by atoms with Crippen LogP contribution in [0.25, 0.3) is 0 Å². The van der Waals surface area contributed by atoms with Crippen LogP contribution in [0.2, 0.25) is 9.36 Å². The third kappa shape index (κ3) is 2.59. The molecule has 0 spiro atoms. The maximum absolute atomic E-state index is 11.5. The topological polar surface area (TPSA) is 40.5 Å². The van der Waals surface area contributed by atoms with E-state index in [9.17, 15) is 9.90 Å². The third-order valence-corrected chi connectivity index (χ3v) is 6.53. The Morgan fingerprint density at radius 1 is 1.40 bits per heavy atom. The van der Waals surface area contributed by atoms with Gasteiger partial charge in [0.25, 0.3) is 0 Å². The van der Waals surface area contributed by atoms with Crippen LogP contribution in [0.15, 0.2) is 5.38 Å². The fraction of sp³-hybridized carbons (Fsp3) is 0.643. The molecule has 2 aliphatic rings. The molecule has 1 aliphatic carbocycles. The van der Waals surface area contributed by atoms with Crippen molar-refractivity contribution in [2.45, 2.75) is 50.7 Å². The van der Waals surface area contributed by atoms with Crippen LogP contribution in [-0.2, 0) is 11.3 Å². The molecule has 3 unspecified atom stereocenters. The molecule has 1 aromatic heterocycles. The number of rotatable bonds is 3. The highest BCUT2D eigenvalue weighted by Crippen LogP contribution is 2.42. The monoisotopic (exact) mass is 333 g/mol. The molecule has 0 bridgehead atoms. The summed E-state index contributed by atoms with van der Waals surface area (Å²) in [5.41, 5.74) is 0.958. The molecule has 6 heteroatoms. The lowest BCUT2D eigenvalue weighted by molar-refractivity contribution is -0.142. The Kier molecular flexibility index (Phi) is 4.27. The predicted molar refractivity (Wildman–Crippen MR) is 81.7 cm³/mol. The van der Waals surface area contributed by atoms with Gasteiger partial charge >= 0.3 is 5.97 Å². The van der Waals surface area contributed by atoms with Gasteiger partial charge in [-0.15, -0.1) is 11.3 Å². The van der Waals surface area contributed by atoms with Crippen LogP contribution < -0.4 is 0 Å². The van der Waals surface area contributed by atoms with Crippen LogP contribution in [-0.4, -0.2) is 28.1 Å². The average molecular weight is 334 g/mol. The second kappa shape index (κ2) is 5.84. The highest BCUT2D eigenvalue weighted by molar-refractivity contribution is 7.15. The van der Waals surface area contributed by atoms with Crippen LogP contribution >= 0.6 is 34.5 Å². The van der Waals surface area contributed by atoms with Crippen LogP contribution in [0.5, 0.6) is 0 Å². The second-order valence-corrected chi connectivity index (χ2v) is 7.58. The number of fused-ring (bicyclic) bond motifs is 1. The van der Waals surface area contributed by atoms with Gasteiger partial charge in [-0.1, -0.05) is 36.0 Å². The first-order valence-electron chi connectivity index (χ1n) is 6.98. The molecule has 1 aromatic rings. The zero-order chi connectivity index (χ0) is 14.3. The smallest absolute Gasteiger partial charge is 0.320 e. The van der Waals surface area contributed by atoms with Crippen LogP contribution in [0.4, 0.5) is 0 Å². The lowest BCUT2D eigenvalue weighted by Crippen LogP contribution is -2.41. The Labute approximate surface area is 132 Å². The molecule has 1 N–H and O–H groups in total. The fourth-order valence-corrected chi connectivity index (χ4v) is 4.92. The van der Waals surface area contributed by atoms with Crippen molar-refractivity contribution in [3.63, 3.8) is 0 Å². The first-order chi connectivity index (χ1) is 9.58. The summed E-state index contributed by atoms with van der Waals surface area (Å²) in [7, 11) is 0. The van der Waals surface area contributed by atoms with E-state index in [0.717, 1.165) is 24.8 Å².